The molecule has 2 aromatic rings. The van der Waals surface area contributed by atoms with E-state index in [1.807, 2.05) is 10.8 Å². The summed E-state index contributed by atoms with van der Waals surface area (Å²) in [5.74, 6) is 0.895. The lowest BCUT2D eigenvalue weighted by molar-refractivity contribution is 0.0993. The molecule has 0 aliphatic heterocycles. The Kier molecular flexibility index (Phi) is 3.97. The fourth-order valence-corrected chi connectivity index (χ4v) is 2.63. The van der Waals surface area contributed by atoms with Crippen LogP contribution in [0.4, 0.5) is 0 Å². The summed E-state index contributed by atoms with van der Waals surface area (Å²) >= 11 is 7.13. The van der Waals surface area contributed by atoms with Crippen molar-refractivity contribution < 1.29 is 4.79 Å². The molecule has 0 spiro atoms. The highest BCUT2D eigenvalue weighted by Crippen LogP contribution is 2.22. The van der Waals surface area contributed by atoms with Crippen LogP contribution in [0.2, 0.25) is 4.34 Å². The van der Waals surface area contributed by atoms with Gasteiger partial charge in [0.2, 0.25) is 0 Å². The predicted molar refractivity (Wildman–Crippen MR) is 69.9 cm³/mol. The van der Waals surface area contributed by atoms with Crippen LogP contribution in [0, 0.1) is 0 Å². The molecule has 0 aromatic carbocycles. The smallest absolute Gasteiger partial charge is 0.180 e. The minimum Gasteiger partial charge on any atom is -0.335 e. The number of carbonyl (C=O) groups is 1. The fraction of sp³-hybridized carbons (Fsp3) is 0.333. The first-order valence-electron chi connectivity index (χ1n) is 5.49. The number of ketones is 1. The first kappa shape index (κ1) is 12.3. The third kappa shape index (κ3) is 2.96. The Morgan fingerprint density at radius 1 is 1.53 bits per heavy atom. The molecule has 0 radical (unpaired) electrons. The maximum absolute atomic E-state index is 12.0. The summed E-state index contributed by atoms with van der Waals surface area (Å²) < 4.78 is 2.66. The molecule has 2 rings (SSSR count). The van der Waals surface area contributed by atoms with Crippen LogP contribution in [0.5, 0.6) is 0 Å². The lowest BCUT2D eigenvalue weighted by atomic mass is 10.2. The van der Waals surface area contributed by atoms with E-state index in [-0.39, 0.29) is 5.78 Å². The average Bonchev–Trinajstić information content (AvgIpc) is 2.89. The molecular weight excluding hydrogens is 256 g/mol. The molecule has 5 heteroatoms. The molecule has 90 valence electrons. The molecule has 0 saturated carbocycles. The van der Waals surface area contributed by atoms with E-state index in [1.165, 1.54) is 11.3 Å². The zero-order valence-electron chi connectivity index (χ0n) is 9.52. The Morgan fingerprint density at radius 2 is 2.35 bits per heavy atom. The van der Waals surface area contributed by atoms with Crippen LogP contribution in [-0.2, 0) is 13.0 Å². The van der Waals surface area contributed by atoms with Crippen molar-refractivity contribution in [3.05, 3.63) is 39.6 Å². The third-order valence-corrected chi connectivity index (χ3v) is 3.71. The van der Waals surface area contributed by atoms with Crippen molar-refractivity contribution in [2.75, 3.05) is 0 Å². The van der Waals surface area contributed by atoms with Crippen molar-refractivity contribution in [3.8, 4) is 0 Å². The maximum atomic E-state index is 12.0. The van der Waals surface area contributed by atoms with E-state index in [9.17, 15) is 4.79 Å². The van der Waals surface area contributed by atoms with Crippen LogP contribution < -0.4 is 0 Å². The van der Waals surface area contributed by atoms with Gasteiger partial charge in [0.25, 0.3) is 0 Å². The Balaban J connectivity index is 2.10. The van der Waals surface area contributed by atoms with Crippen molar-refractivity contribution in [2.24, 2.45) is 0 Å². The molecule has 0 aliphatic carbocycles. The Morgan fingerprint density at radius 3 is 3.00 bits per heavy atom. The molecule has 0 N–H and O–H groups in total. The van der Waals surface area contributed by atoms with E-state index in [2.05, 4.69) is 11.9 Å². The van der Waals surface area contributed by atoms with Gasteiger partial charge in [0.05, 0.1) is 15.6 Å². The highest BCUT2D eigenvalue weighted by molar-refractivity contribution is 7.18. The van der Waals surface area contributed by atoms with Crippen molar-refractivity contribution in [3.63, 3.8) is 0 Å². The molecule has 0 bridgehead atoms. The average molecular weight is 269 g/mol. The number of thiophene rings is 1. The standard InChI is InChI=1S/C12H13ClN2OS/c1-2-6-15-7-5-14-12(15)8-9(16)10-3-4-11(13)17-10/h3-5,7H,2,6,8H2,1H3. The highest BCUT2D eigenvalue weighted by atomic mass is 35.5. The summed E-state index contributed by atoms with van der Waals surface area (Å²) in [5, 5.41) is 0. The van der Waals surface area contributed by atoms with E-state index in [4.69, 9.17) is 11.6 Å². The third-order valence-electron chi connectivity index (χ3n) is 2.43. The Hall–Kier alpha value is -1.13. The molecule has 17 heavy (non-hydrogen) atoms. The van der Waals surface area contributed by atoms with Gasteiger partial charge in [-0.1, -0.05) is 18.5 Å². The quantitative estimate of drug-likeness (QED) is 0.779. The Bertz CT molecular complexity index is 518. The molecule has 0 aliphatic rings. The number of rotatable bonds is 5. The van der Waals surface area contributed by atoms with Crippen LogP contribution in [0.3, 0.4) is 0 Å². The number of nitrogens with zero attached hydrogens (tertiary/aromatic N) is 2. The van der Waals surface area contributed by atoms with Crippen LogP contribution in [0.15, 0.2) is 24.5 Å². The SMILES string of the molecule is CCCn1ccnc1CC(=O)c1ccc(Cl)s1. The van der Waals surface area contributed by atoms with Gasteiger partial charge in [-0.3, -0.25) is 4.79 Å². The highest BCUT2D eigenvalue weighted by Gasteiger charge is 2.12. The topological polar surface area (TPSA) is 34.9 Å². The van der Waals surface area contributed by atoms with Crippen LogP contribution in [0.1, 0.15) is 28.8 Å². The van der Waals surface area contributed by atoms with Gasteiger partial charge in [0.15, 0.2) is 5.78 Å². The zero-order valence-corrected chi connectivity index (χ0v) is 11.1. The normalized spacial score (nSPS) is 10.7. The summed E-state index contributed by atoms with van der Waals surface area (Å²) in [6.07, 6.45) is 5.01. The second-order valence-electron chi connectivity index (χ2n) is 3.74. The summed E-state index contributed by atoms with van der Waals surface area (Å²) in [5.41, 5.74) is 0. The molecule has 2 heterocycles. The molecule has 0 saturated heterocycles. The number of aromatic nitrogens is 2. The van der Waals surface area contributed by atoms with Crippen molar-refractivity contribution >= 4 is 28.7 Å². The second-order valence-corrected chi connectivity index (χ2v) is 5.46. The maximum Gasteiger partial charge on any atom is 0.180 e. The molecule has 0 amide bonds. The lowest BCUT2D eigenvalue weighted by Gasteiger charge is -2.04. The first-order chi connectivity index (χ1) is 8.20. The minimum absolute atomic E-state index is 0.0745. The number of hydrogen-bond acceptors (Lipinski definition) is 3. The first-order valence-corrected chi connectivity index (χ1v) is 6.68. The van der Waals surface area contributed by atoms with Crippen LogP contribution in [0.25, 0.3) is 0 Å². The molecule has 0 atom stereocenters. The lowest BCUT2D eigenvalue weighted by Crippen LogP contribution is -2.09. The van der Waals surface area contributed by atoms with E-state index in [1.54, 1.807) is 18.3 Å². The summed E-state index contributed by atoms with van der Waals surface area (Å²) in [6, 6.07) is 3.51. The number of Topliss-reactive ketones (excluding diaryl/α,β-unsaturated/α-hetero) is 1. The van der Waals surface area contributed by atoms with Crippen molar-refractivity contribution in [1.29, 1.82) is 0 Å². The minimum atomic E-state index is 0.0745. The largest absolute Gasteiger partial charge is 0.335 e. The fourth-order valence-electron chi connectivity index (χ4n) is 1.65. The summed E-state index contributed by atoms with van der Waals surface area (Å²) in [4.78, 5) is 16.9. The van der Waals surface area contributed by atoms with E-state index in [0.29, 0.717) is 15.6 Å². The van der Waals surface area contributed by atoms with Gasteiger partial charge < -0.3 is 4.57 Å². The number of carbonyl (C=O) groups excluding carboxylic acids is 1. The van der Waals surface area contributed by atoms with Gasteiger partial charge in [-0.2, -0.15) is 0 Å². The van der Waals surface area contributed by atoms with Gasteiger partial charge in [-0.05, 0) is 18.6 Å². The monoisotopic (exact) mass is 268 g/mol. The summed E-state index contributed by atoms with van der Waals surface area (Å²) in [6.45, 7) is 3.00. The zero-order chi connectivity index (χ0) is 12.3. The number of aryl methyl sites for hydroxylation is 1. The number of halogens is 1. The van der Waals surface area contributed by atoms with Crippen molar-refractivity contribution in [1.82, 2.24) is 9.55 Å². The molecule has 0 unspecified atom stereocenters. The van der Waals surface area contributed by atoms with E-state index >= 15 is 0 Å². The van der Waals surface area contributed by atoms with Gasteiger partial charge in [0.1, 0.15) is 5.82 Å². The molecule has 0 fully saturated rings. The molecule has 2 aromatic heterocycles. The Labute approximate surface area is 109 Å². The van der Waals surface area contributed by atoms with E-state index < -0.39 is 0 Å². The summed E-state index contributed by atoms with van der Waals surface area (Å²) in [7, 11) is 0. The van der Waals surface area contributed by atoms with Crippen molar-refractivity contribution in [2.45, 2.75) is 26.3 Å². The van der Waals surface area contributed by atoms with Crippen LogP contribution >= 0.6 is 22.9 Å². The number of hydrogen-bond donors (Lipinski definition) is 0. The van der Waals surface area contributed by atoms with E-state index in [0.717, 1.165) is 18.8 Å². The molecule has 3 nitrogen and oxygen atoms in total. The number of imidazole rings is 1. The van der Waals surface area contributed by atoms with Gasteiger partial charge in [0, 0.05) is 18.9 Å². The van der Waals surface area contributed by atoms with Gasteiger partial charge in [-0.25, -0.2) is 4.98 Å². The van der Waals surface area contributed by atoms with Crippen LogP contribution in [-0.4, -0.2) is 15.3 Å². The van der Waals surface area contributed by atoms with Gasteiger partial charge in [-0.15, -0.1) is 11.3 Å². The predicted octanol–water partition coefficient (Wildman–Crippen LogP) is 3.43. The second kappa shape index (κ2) is 5.47. The van der Waals surface area contributed by atoms with Gasteiger partial charge >= 0.3 is 0 Å². The molecular formula is C12H13ClN2OS.